The first-order valence-corrected chi connectivity index (χ1v) is 8.66. The van der Waals surface area contributed by atoms with Crippen LogP contribution in [0.2, 0.25) is 0 Å². The molecule has 21 heavy (non-hydrogen) atoms. The van der Waals surface area contributed by atoms with Crippen LogP contribution < -0.4 is 5.32 Å². The third kappa shape index (κ3) is 3.22. The van der Waals surface area contributed by atoms with Crippen LogP contribution in [-0.4, -0.2) is 6.54 Å². The standard InChI is InChI=1S/C19H22BrN/c1-2-21-19(17-11-3-4-12-18(17)20)16-10-6-9-15(13-16)14-7-5-8-14/h3-4,6,9-14,19,21H,2,5,7-8H2,1H3. The average molecular weight is 344 g/mol. The van der Waals surface area contributed by atoms with Crippen molar-refractivity contribution < 1.29 is 0 Å². The van der Waals surface area contributed by atoms with E-state index < -0.39 is 0 Å². The summed E-state index contributed by atoms with van der Waals surface area (Å²) in [6, 6.07) is 17.9. The number of hydrogen-bond donors (Lipinski definition) is 1. The highest BCUT2D eigenvalue weighted by molar-refractivity contribution is 9.10. The highest BCUT2D eigenvalue weighted by Gasteiger charge is 2.21. The third-order valence-electron chi connectivity index (χ3n) is 4.45. The molecule has 0 aromatic heterocycles. The topological polar surface area (TPSA) is 12.0 Å². The zero-order valence-corrected chi connectivity index (χ0v) is 14.1. The summed E-state index contributed by atoms with van der Waals surface area (Å²) in [5, 5.41) is 3.63. The van der Waals surface area contributed by atoms with Gasteiger partial charge in [-0.15, -0.1) is 0 Å². The fourth-order valence-corrected chi connectivity index (χ4v) is 3.57. The molecule has 2 heteroatoms. The van der Waals surface area contributed by atoms with Crippen LogP contribution in [0, 0.1) is 0 Å². The van der Waals surface area contributed by atoms with E-state index in [9.17, 15) is 0 Å². The van der Waals surface area contributed by atoms with E-state index in [1.165, 1.54) is 40.4 Å². The maximum absolute atomic E-state index is 3.70. The van der Waals surface area contributed by atoms with Gasteiger partial charge in [0.25, 0.3) is 0 Å². The van der Waals surface area contributed by atoms with Crippen LogP contribution in [-0.2, 0) is 0 Å². The lowest BCUT2D eigenvalue weighted by Gasteiger charge is -2.27. The lowest BCUT2D eigenvalue weighted by Crippen LogP contribution is -2.22. The van der Waals surface area contributed by atoms with Gasteiger partial charge in [0.15, 0.2) is 0 Å². The molecule has 0 saturated heterocycles. The van der Waals surface area contributed by atoms with Crippen LogP contribution in [0.1, 0.15) is 54.8 Å². The van der Waals surface area contributed by atoms with Crippen molar-refractivity contribution in [3.05, 3.63) is 69.7 Å². The van der Waals surface area contributed by atoms with Crippen molar-refractivity contribution in [1.82, 2.24) is 5.32 Å². The zero-order chi connectivity index (χ0) is 14.7. The van der Waals surface area contributed by atoms with Crippen LogP contribution in [0.3, 0.4) is 0 Å². The quantitative estimate of drug-likeness (QED) is 0.764. The van der Waals surface area contributed by atoms with Gasteiger partial charge in [-0.25, -0.2) is 0 Å². The lowest BCUT2D eigenvalue weighted by atomic mass is 9.79. The Bertz CT molecular complexity index is 604. The summed E-state index contributed by atoms with van der Waals surface area (Å²) in [6.45, 7) is 3.12. The van der Waals surface area contributed by atoms with Gasteiger partial charge in [-0.2, -0.15) is 0 Å². The van der Waals surface area contributed by atoms with Gasteiger partial charge in [0, 0.05) is 4.47 Å². The number of rotatable bonds is 5. The van der Waals surface area contributed by atoms with Gasteiger partial charge in [0.2, 0.25) is 0 Å². The third-order valence-corrected chi connectivity index (χ3v) is 5.17. The van der Waals surface area contributed by atoms with E-state index in [-0.39, 0.29) is 6.04 Å². The predicted octanol–water partition coefficient (Wildman–Crippen LogP) is 5.42. The van der Waals surface area contributed by atoms with Crippen LogP contribution in [0.4, 0.5) is 0 Å². The fraction of sp³-hybridized carbons (Fsp3) is 0.368. The van der Waals surface area contributed by atoms with Crippen molar-refractivity contribution in [3.8, 4) is 0 Å². The molecule has 0 radical (unpaired) electrons. The van der Waals surface area contributed by atoms with E-state index >= 15 is 0 Å². The molecule has 1 fully saturated rings. The largest absolute Gasteiger partial charge is 0.306 e. The summed E-state index contributed by atoms with van der Waals surface area (Å²) in [7, 11) is 0. The molecular weight excluding hydrogens is 322 g/mol. The van der Waals surface area contributed by atoms with Crippen molar-refractivity contribution in [2.45, 2.75) is 38.1 Å². The number of benzene rings is 2. The minimum absolute atomic E-state index is 0.255. The summed E-state index contributed by atoms with van der Waals surface area (Å²) in [5.41, 5.74) is 4.19. The van der Waals surface area contributed by atoms with Gasteiger partial charge < -0.3 is 5.32 Å². The van der Waals surface area contributed by atoms with Gasteiger partial charge in [0.05, 0.1) is 6.04 Å². The van der Waals surface area contributed by atoms with E-state index in [4.69, 9.17) is 0 Å². The molecule has 1 aliphatic rings. The summed E-state index contributed by atoms with van der Waals surface area (Å²) in [4.78, 5) is 0. The molecule has 0 spiro atoms. The molecule has 1 unspecified atom stereocenters. The molecule has 0 heterocycles. The fourth-order valence-electron chi connectivity index (χ4n) is 3.05. The van der Waals surface area contributed by atoms with Gasteiger partial charge >= 0.3 is 0 Å². The van der Waals surface area contributed by atoms with Gasteiger partial charge in [-0.05, 0) is 48.1 Å². The highest BCUT2D eigenvalue weighted by Crippen LogP contribution is 2.38. The Morgan fingerprint density at radius 1 is 1.14 bits per heavy atom. The minimum atomic E-state index is 0.255. The summed E-state index contributed by atoms with van der Waals surface area (Å²) in [6.07, 6.45) is 4.09. The molecule has 1 aliphatic carbocycles. The number of hydrogen-bond acceptors (Lipinski definition) is 1. The van der Waals surface area contributed by atoms with Gasteiger partial charge in [-0.1, -0.05) is 71.7 Å². The number of nitrogens with one attached hydrogen (secondary N) is 1. The van der Waals surface area contributed by atoms with E-state index in [1.54, 1.807) is 0 Å². The molecule has 0 amide bonds. The van der Waals surface area contributed by atoms with Crippen molar-refractivity contribution >= 4 is 15.9 Å². The van der Waals surface area contributed by atoms with E-state index in [2.05, 4.69) is 76.7 Å². The highest BCUT2D eigenvalue weighted by atomic mass is 79.9. The van der Waals surface area contributed by atoms with Crippen molar-refractivity contribution in [1.29, 1.82) is 0 Å². The zero-order valence-electron chi connectivity index (χ0n) is 12.5. The summed E-state index contributed by atoms with van der Waals surface area (Å²) in [5.74, 6) is 0.784. The molecule has 1 atom stereocenters. The van der Waals surface area contributed by atoms with Gasteiger partial charge in [0.1, 0.15) is 0 Å². The SMILES string of the molecule is CCNC(c1cccc(C2CCC2)c1)c1ccccc1Br. The van der Waals surface area contributed by atoms with Gasteiger partial charge in [-0.3, -0.25) is 0 Å². The Morgan fingerprint density at radius 2 is 1.95 bits per heavy atom. The summed E-state index contributed by atoms with van der Waals surface area (Å²) >= 11 is 3.70. The van der Waals surface area contributed by atoms with Crippen molar-refractivity contribution in [2.24, 2.45) is 0 Å². The molecule has 3 rings (SSSR count). The Hall–Kier alpha value is -1.12. The van der Waals surface area contributed by atoms with Crippen LogP contribution in [0.15, 0.2) is 53.0 Å². The molecule has 0 bridgehead atoms. The Morgan fingerprint density at radius 3 is 2.62 bits per heavy atom. The second kappa shape index (κ2) is 6.76. The number of halogens is 1. The first-order chi connectivity index (χ1) is 10.3. The average Bonchev–Trinajstić information content (AvgIpc) is 2.44. The molecule has 110 valence electrons. The van der Waals surface area contributed by atoms with Crippen LogP contribution in [0.25, 0.3) is 0 Å². The molecule has 1 nitrogen and oxygen atoms in total. The van der Waals surface area contributed by atoms with Crippen molar-refractivity contribution in [2.75, 3.05) is 6.54 Å². The second-order valence-electron chi connectivity index (χ2n) is 5.81. The van der Waals surface area contributed by atoms with E-state index in [0.717, 1.165) is 12.5 Å². The molecular formula is C19H22BrN. The first kappa shape index (κ1) is 14.8. The van der Waals surface area contributed by atoms with Crippen LogP contribution >= 0.6 is 15.9 Å². The minimum Gasteiger partial charge on any atom is -0.306 e. The molecule has 1 saturated carbocycles. The van der Waals surface area contributed by atoms with E-state index in [0.29, 0.717) is 0 Å². The monoisotopic (exact) mass is 343 g/mol. The predicted molar refractivity (Wildman–Crippen MR) is 92.7 cm³/mol. The molecule has 1 N–H and O–H groups in total. The Labute approximate surface area is 135 Å². The van der Waals surface area contributed by atoms with Crippen molar-refractivity contribution in [3.63, 3.8) is 0 Å². The first-order valence-electron chi connectivity index (χ1n) is 7.87. The normalized spacial score (nSPS) is 16.5. The Kier molecular flexibility index (Phi) is 4.77. The Balaban J connectivity index is 1.95. The molecule has 2 aromatic rings. The van der Waals surface area contributed by atoms with Crippen LogP contribution in [0.5, 0.6) is 0 Å². The molecule has 0 aliphatic heterocycles. The second-order valence-corrected chi connectivity index (χ2v) is 6.66. The molecule has 2 aromatic carbocycles. The maximum Gasteiger partial charge on any atom is 0.0587 e. The van der Waals surface area contributed by atoms with E-state index in [1.807, 2.05) is 0 Å². The maximum atomic E-state index is 3.70. The smallest absolute Gasteiger partial charge is 0.0587 e. The lowest BCUT2D eigenvalue weighted by molar-refractivity contribution is 0.419. The summed E-state index contributed by atoms with van der Waals surface area (Å²) < 4.78 is 1.17.